The first-order valence-corrected chi connectivity index (χ1v) is 11.4. The van der Waals surface area contributed by atoms with Crippen molar-refractivity contribution >= 4 is 6.08 Å². The molecule has 0 aromatic heterocycles. The van der Waals surface area contributed by atoms with Crippen LogP contribution in [-0.4, -0.2) is 13.2 Å². The number of aryl methyl sites for hydroxylation is 1. The van der Waals surface area contributed by atoms with E-state index in [9.17, 15) is 17.6 Å². The van der Waals surface area contributed by atoms with Crippen LogP contribution in [0.1, 0.15) is 30.9 Å². The van der Waals surface area contributed by atoms with Crippen LogP contribution in [0.3, 0.4) is 0 Å². The van der Waals surface area contributed by atoms with E-state index in [1.807, 2.05) is 19.1 Å². The van der Waals surface area contributed by atoms with Crippen molar-refractivity contribution in [3.05, 3.63) is 101 Å². The Kier molecular flexibility index (Phi) is 7.32. The summed E-state index contributed by atoms with van der Waals surface area (Å²) < 4.78 is 63.0. The van der Waals surface area contributed by atoms with Crippen molar-refractivity contribution in [1.29, 1.82) is 0 Å². The molecule has 0 radical (unpaired) electrons. The van der Waals surface area contributed by atoms with E-state index in [1.54, 1.807) is 60.7 Å². The maximum atomic E-state index is 14.9. The highest BCUT2D eigenvalue weighted by Crippen LogP contribution is 2.35. The van der Waals surface area contributed by atoms with E-state index < -0.39 is 35.3 Å². The Labute approximate surface area is 197 Å². The number of hydrogen-bond acceptors (Lipinski definition) is 1. The molecule has 3 aromatic rings. The van der Waals surface area contributed by atoms with Gasteiger partial charge in [-0.25, -0.2) is 17.6 Å². The summed E-state index contributed by atoms with van der Waals surface area (Å²) in [5, 5.41) is 0. The molecule has 0 fully saturated rings. The molecule has 0 saturated carbocycles. The second-order valence-corrected chi connectivity index (χ2v) is 8.42. The molecule has 0 spiro atoms. The Morgan fingerprint density at radius 1 is 0.765 bits per heavy atom. The van der Waals surface area contributed by atoms with Crippen molar-refractivity contribution in [2.75, 3.05) is 7.11 Å². The van der Waals surface area contributed by atoms with E-state index in [2.05, 4.69) is 0 Å². The monoisotopic (exact) mass is 466 g/mol. The van der Waals surface area contributed by atoms with Gasteiger partial charge in [-0.15, -0.1) is 0 Å². The van der Waals surface area contributed by atoms with E-state index in [0.29, 0.717) is 24.0 Å². The van der Waals surface area contributed by atoms with Crippen molar-refractivity contribution in [3.8, 4) is 22.3 Å². The average molecular weight is 467 g/mol. The summed E-state index contributed by atoms with van der Waals surface area (Å²) in [5.74, 6) is -4.08. The smallest absolute Gasteiger partial charge is 0.167 e. The molecule has 176 valence electrons. The molecule has 34 heavy (non-hydrogen) atoms. The highest BCUT2D eigenvalue weighted by atomic mass is 19.2. The van der Waals surface area contributed by atoms with E-state index in [1.165, 1.54) is 7.11 Å². The summed E-state index contributed by atoms with van der Waals surface area (Å²) in [6, 6.07) is 17.4. The number of allylic oxidation sites excluding steroid dienone is 2. The molecule has 1 aliphatic rings. The van der Waals surface area contributed by atoms with Crippen molar-refractivity contribution < 1.29 is 22.3 Å². The molecule has 1 aliphatic carbocycles. The SMILES string of the molecule is CCc1ccc(-c2ccc(-c3ccc(/C=C/C4CCC(OC)C(F)=C4F)cc3)c(F)c2F)cc1. The number of rotatable bonds is 6. The lowest BCUT2D eigenvalue weighted by molar-refractivity contribution is 0.0859. The molecule has 1 nitrogen and oxygen atoms in total. The average Bonchev–Trinajstić information content (AvgIpc) is 2.87. The molecule has 2 atom stereocenters. The summed E-state index contributed by atoms with van der Waals surface area (Å²) >= 11 is 0. The van der Waals surface area contributed by atoms with Crippen LogP contribution in [0.5, 0.6) is 0 Å². The fraction of sp³-hybridized carbons (Fsp3) is 0.241. The van der Waals surface area contributed by atoms with Gasteiger partial charge in [-0.2, -0.15) is 0 Å². The molecule has 4 rings (SSSR count). The van der Waals surface area contributed by atoms with Gasteiger partial charge in [-0.1, -0.05) is 79.7 Å². The van der Waals surface area contributed by atoms with Gasteiger partial charge in [-0.3, -0.25) is 0 Å². The number of ether oxygens (including phenoxy) is 1. The van der Waals surface area contributed by atoms with E-state index >= 15 is 0 Å². The Bertz CT molecular complexity index is 1210. The van der Waals surface area contributed by atoms with E-state index in [4.69, 9.17) is 4.74 Å². The highest BCUT2D eigenvalue weighted by molar-refractivity contribution is 5.72. The topological polar surface area (TPSA) is 9.23 Å². The molecule has 0 N–H and O–H groups in total. The maximum Gasteiger partial charge on any atom is 0.167 e. The molecule has 0 saturated heterocycles. The fourth-order valence-corrected chi connectivity index (χ4v) is 4.23. The minimum absolute atomic E-state index is 0.163. The zero-order valence-electron chi connectivity index (χ0n) is 19.1. The Hall–Kier alpha value is -3.18. The lowest BCUT2D eigenvalue weighted by Crippen LogP contribution is -2.20. The number of methoxy groups -OCH3 is 1. The summed E-state index contributed by atoms with van der Waals surface area (Å²) in [5.41, 5.74) is 3.41. The Morgan fingerprint density at radius 3 is 1.85 bits per heavy atom. The molecule has 3 aromatic carbocycles. The van der Waals surface area contributed by atoms with Gasteiger partial charge in [0.1, 0.15) is 11.9 Å². The largest absolute Gasteiger partial charge is 0.374 e. The van der Waals surface area contributed by atoms with Gasteiger partial charge in [0.15, 0.2) is 17.5 Å². The molecule has 0 bridgehead atoms. The first-order chi connectivity index (χ1) is 16.4. The molecule has 2 unspecified atom stereocenters. The van der Waals surface area contributed by atoms with Gasteiger partial charge in [0.05, 0.1) is 0 Å². The van der Waals surface area contributed by atoms with Gasteiger partial charge in [0.25, 0.3) is 0 Å². The summed E-state index contributed by atoms with van der Waals surface area (Å²) in [4.78, 5) is 0. The Balaban J connectivity index is 1.53. The van der Waals surface area contributed by atoms with Gasteiger partial charge < -0.3 is 4.74 Å². The Morgan fingerprint density at radius 2 is 1.32 bits per heavy atom. The van der Waals surface area contributed by atoms with Crippen molar-refractivity contribution in [2.45, 2.75) is 32.3 Å². The fourth-order valence-electron chi connectivity index (χ4n) is 4.23. The predicted molar refractivity (Wildman–Crippen MR) is 128 cm³/mol. The standard InChI is InChI=1S/C29H26F4O/c1-3-18-4-9-20(10-5-18)23-15-16-24(28(32)27(23)31)21-11-6-19(7-12-21)8-13-22-14-17-25(34-2)29(33)26(22)30/h4-13,15-16,22,25H,3,14,17H2,1-2H3/b13-8+. The minimum Gasteiger partial charge on any atom is -0.374 e. The second-order valence-electron chi connectivity index (χ2n) is 8.42. The van der Waals surface area contributed by atoms with Gasteiger partial charge in [-0.05, 0) is 41.5 Å². The van der Waals surface area contributed by atoms with Crippen LogP contribution >= 0.6 is 0 Å². The van der Waals surface area contributed by atoms with Crippen LogP contribution in [-0.2, 0) is 11.2 Å². The highest BCUT2D eigenvalue weighted by Gasteiger charge is 2.29. The number of hydrogen-bond donors (Lipinski definition) is 0. The third-order valence-corrected chi connectivity index (χ3v) is 6.36. The van der Waals surface area contributed by atoms with Crippen molar-refractivity contribution in [2.24, 2.45) is 5.92 Å². The van der Waals surface area contributed by atoms with Gasteiger partial charge in [0, 0.05) is 24.2 Å². The first-order valence-electron chi connectivity index (χ1n) is 11.4. The summed E-state index contributed by atoms with van der Waals surface area (Å²) in [6.07, 6.45) is 4.24. The predicted octanol–water partition coefficient (Wildman–Crippen LogP) is 8.45. The quantitative estimate of drug-likeness (QED) is 0.331. The molecular formula is C29H26F4O. The van der Waals surface area contributed by atoms with Crippen molar-refractivity contribution in [1.82, 2.24) is 0 Å². The third-order valence-electron chi connectivity index (χ3n) is 6.36. The third kappa shape index (κ3) is 4.85. The summed E-state index contributed by atoms with van der Waals surface area (Å²) in [7, 11) is 1.36. The van der Waals surface area contributed by atoms with Crippen LogP contribution in [0.25, 0.3) is 28.3 Å². The van der Waals surface area contributed by atoms with Crippen LogP contribution in [0.4, 0.5) is 17.6 Å². The molecule has 0 amide bonds. The zero-order valence-corrected chi connectivity index (χ0v) is 19.1. The van der Waals surface area contributed by atoms with Crippen LogP contribution in [0.15, 0.2) is 78.4 Å². The number of halogens is 4. The van der Waals surface area contributed by atoms with Crippen LogP contribution in [0, 0.1) is 17.6 Å². The van der Waals surface area contributed by atoms with Crippen LogP contribution in [0.2, 0.25) is 0 Å². The van der Waals surface area contributed by atoms with Gasteiger partial charge in [0.2, 0.25) is 0 Å². The normalized spacial score (nSPS) is 18.6. The number of benzene rings is 3. The lowest BCUT2D eigenvalue weighted by atomic mass is 9.91. The molecule has 0 aliphatic heterocycles. The molecule has 0 heterocycles. The maximum absolute atomic E-state index is 14.9. The first kappa shape index (κ1) is 24.0. The zero-order chi connectivity index (χ0) is 24.2. The molecular weight excluding hydrogens is 440 g/mol. The molecule has 5 heteroatoms. The van der Waals surface area contributed by atoms with Crippen LogP contribution < -0.4 is 0 Å². The lowest BCUT2D eigenvalue weighted by Gasteiger charge is -2.23. The van der Waals surface area contributed by atoms with Crippen molar-refractivity contribution in [3.63, 3.8) is 0 Å². The summed E-state index contributed by atoms with van der Waals surface area (Å²) in [6.45, 7) is 2.03. The second kappa shape index (κ2) is 10.4. The van der Waals surface area contributed by atoms with Gasteiger partial charge >= 0.3 is 0 Å². The minimum atomic E-state index is -0.905. The van der Waals surface area contributed by atoms with E-state index in [0.717, 1.165) is 17.5 Å². The van der Waals surface area contributed by atoms with E-state index in [-0.39, 0.29) is 11.1 Å².